The zero-order chi connectivity index (χ0) is 7.28. The lowest BCUT2D eigenvalue weighted by Gasteiger charge is -2.03. The van der Waals surface area contributed by atoms with E-state index in [9.17, 15) is 4.79 Å². The van der Waals surface area contributed by atoms with Crippen LogP contribution in [0, 0.1) is 5.92 Å². The number of hydrogen-bond donors (Lipinski definition) is 0. The minimum atomic E-state index is -0.113. The first-order chi connectivity index (χ1) is 4.18. The summed E-state index contributed by atoms with van der Waals surface area (Å²) < 4.78 is 4.79. The molecule has 3 heteroatoms. The summed E-state index contributed by atoms with van der Waals surface area (Å²) >= 11 is 0. The third-order valence-corrected chi connectivity index (χ3v) is 1.07. The largest absolute Gasteiger partial charge is 0.465 e. The third-order valence-electron chi connectivity index (χ3n) is 0.834. The van der Waals surface area contributed by atoms with Gasteiger partial charge in [-0.05, 0) is 6.16 Å². The molecule has 0 aromatic carbocycles. The quantitative estimate of drug-likeness (QED) is 0.442. The van der Waals surface area contributed by atoms with E-state index < -0.39 is 0 Å². The summed E-state index contributed by atoms with van der Waals surface area (Å²) in [7, 11) is 2.50. The van der Waals surface area contributed by atoms with E-state index in [1.807, 2.05) is 13.8 Å². The molecule has 0 aliphatic rings. The molecule has 0 amide bonds. The molecule has 0 N–H and O–H groups in total. The minimum absolute atomic E-state index is 0.00144. The molecule has 0 aliphatic carbocycles. The molecule has 0 rings (SSSR count). The lowest BCUT2D eigenvalue weighted by atomic mass is 10.2. The van der Waals surface area contributed by atoms with Crippen LogP contribution >= 0.6 is 9.24 Å². The lowest BCUT2D eigenvalue weighted by Crippen LogP contribution is -2.12. The van der Waals surface area contributed by atoms with Gasteiger partial charge in [-0.15, -0.1) is 9.24 Å². The molecule has 0 bridgehead atoms. The van der Waals surface area contributed by atoms with E-state index in [0.29, 0.717) is 6.61 Å². The van der Waals surface area contributed by atoms with Crippen LogP contribution in [0.25, 0.3) is 0 Å². The maximum Gasteiger partial charge on any atom is 0.308 e. The van der Waals surface area contributed by atoms with Gasteiger partial charge in [0.25, 0.3) is 0 Å². The van der Waals surface area contributed by atoms with Crippen LogP contribution in [0.15, 0.2) is 0 Å². The number of carbonyl (C=O) groups is 1. The van der Waals surface area contributed by atoms with Crippen molar-refractivity contribution in [2.45, 2.75) is 13.8 Å². The van der Waals surface area contributed by atoms with Gasteiger partial charge >= 0.3 is 5.97 Å². The van der Waals surface area contributed by atoms with E-state index in [2.05, 4.69) is 9.24 Å². The van der Waals surface area contributed by atoms with E-state index in [-0.39, 0.29) is 11.9 Å². The highest BCUT2D eigenvalue weighted by Crippen LogP contribution is 1.95. The van der Waals surface area contributed by atoms with Gasteiger partial charge in [-0.3, -0.25) is 4.79 Å². The molecular weight excluding hydrogens is 135 g/mol. The molecule has 0 aromatic heterocycles. The topological polar surface area (TPSA) is 26.3 Å². The number of rotatable bonds is 3. The maximum absolute atomic E-state index is 10.7. The monoisotopic (exact) mass is 148 g/mol. The number of hydrogen-bond acceptors (Lipinski definition) is 2. The molecule has 0 saturated heterocycles. The van der Waals surface area contributed by atoms with Gasteiger partial charge < -0.3 is 4.74 Å². The molecule has 0 spiro atoms. The summed E-state index contributed by atoms with van der Waals surface area (Å²) in [6.45, 7) is 4.16. The molecule has 0 fully saturated rings. The molecule has 1 unspecified atom stereocenters. The van der Waals surface area contributed by atoms with Crippen molar-refractivity contribution in [2.75, 3.05) is 12.8 Å². The van der Waals surface area contributed by atoms with Gasteiger partial charge in [0.15, 0.2) is 0 Å². The van der Waals surface area contributed by atoms with Crippen LogP contribution in [0.5, 0.6) is 0 Å². The summed E-state index contributed by atoms with van der Waals surface area (Å²) in [4.78, 5) is 10.7. The Labute approximate surface area is 58.2 Å². The first kappa shape index (κ1) is 8.90. The second-order valence-electron chi connectivity index (χ2n) is 2.11. The summed E-state index contributed by atoms with van der Waals surface area (Å²) in [5.74, 6) is -0.112. The van der Waals surface area contributed by atoms with Gasteiger partial charge in [-0.2, -0.15) is 0 Å². The van der Waals surface area contributed by atoms with Crippen molar-refractivity contribution in [3.05, 3.63) is 0 Å². The Morgan fingerprint density at radius 1 is 1.67 bits per heavy atom. The highest BCUT2D eigenvalue weighted by molar-refractivity contribution is 7.16. The van der Waals surface area contributed by atoms with Crippen molar-refractivity contribution in [3.8, 4) is 0 Å². The highest BCUT2D eigenvalue weighted by Gasteiger charge is 2.05. The Morgan fingerprint density at radius 3 is 2.56 bits per heavy atom. The fraction of sp³-hybridized carbons (Fsp3) is 0.833. The van der Waals surface area contributed by atoms with Gasteiger partial charge in [0.2, 0.25) is 0 Å². The molecule has 0 saturated carbocycles. The predicted octanol–water partition coefficient (Wildman–Crippen LogP) is 1.06. The molecule has 54 valence electrons. The molecule has 0 heterocycles. The lowest BCUT2D eigenvalue weighted by molar-refractivity contribution is -0.146. The van der Waals surface area contributed by atoms with Gasteiger partial charge in [0.05, 0.1) is 12.5 Å². The van der Waals surface area contributed by atoms with Crippen molar-refractivity contribution < 1.29 is 9.53 Å². The van der Waals surface area contributed by atoms with Gasteiger partial charge in [-0.25, -0.2) is 0 Å². The van der Waals surface area contributed by atoms with Crippen LogP contribution in [-0.4, -0.2) is 18.7 Å². The number of carbonyl (C=O) groups excluding carboxylic acids is 1. The fourth-order valence-electron chi connectivity index (χ4n) is 0.326. The molecule has 9 heavy (non-hydrogen) atoms. The minimum Gasteiger partial charge on any atom is -0.465 e. The van der Waals surface area contributed by atoms with E-state index >= 15 is 0 Å². The molecule has 2 nitrogen and oxygen atoms in total. The second-order valence-corrected chi connectivity index (χ2v) is 2.69. The Morgan fingerprint density at radius 2 is 2.22 bits per heavy atom. The number of ether oxygens (including phenoxy) is 1. The van der Waals surface area contributed by atoms with Crippen LogP contribution < -0.4 is 0 Å². The van der Waals surface area contributed by atoms with Crippen LogP contribution in [0.4, 0.5) is 0 Å². The van der Waals surface area contributed by atoms with Gasteiger partial charge in [-0.1, -0.05) is 13.8 Å². The van der Waals surface area contributed by atoms with Crippen LogP contribution in [0.2, 0.25) is 0 Å². The molecule has 1 atom stereocenters. The van der Waals surface area contributed by atoms with Crippen molar-refractivity contribution in [3.63, 3.8) is 0 Å². The molecule has 0 aromatic rings. The Hall–Kier alpha value is -0.100. The zero-order valence-corrected chi connectivity index (χ0v) is 7.04. The maximum atomic E-state index is 10.7. The van der Waals surface area contributed by atoms with E-state index in [4.69, 9.17) is 4.74 Å². The highest BCUT2D eigenvalue weighted by atomic mass is 31.0. The standard InChI is InChI=1S/C6H13O2P/c1-5(2)6(7)8-3-4-9/h5H,3-4,9H2,1-2H3. The Kier molecular flexibility index (Phi) is 4.70. The SMILES string of the molecule is CC(C)C(=O)OCCP. The fourth-order valence-corrected chi connectivity index (χ4v) is 0.444. The predicted molar refractivity (Wildman–Crippen MR) is 40.4 cm³/mol. The van der Waals surface area contributed by atoms with Gasteiger partial charge in [0, 0.05) is 0 Å². The van der Waals surface area contributed by atoms with Crippen molar-refractivity contribution >= 4 is 15.2 Å². The zero-order valence-electron chi connectivity index (χ0n) is 5.89. The van der Waals surface area contributed by atoms with Crippen LogP contribution in [0.3, 0.4) is 0 Å². The first-order valence-electron chi connectivity index (χ1n) is 3.05. The summed E-state index contributed by atoms with van der Waals surface area (Å²) in [6.07, 6.45) is 0.818. The van der Waals surface area contributed by atoms with Crippen molar-refractivity contribution in [1.82, 2.24) is 0 Å². The Balaban J connectivity index is 3.28. The van der Waals surface area contributed by atoms with Crippen molar-refractivity contribution in [1.29, 1.82) is 0 Å². The van der Waals surface area contributed by atoms with E-state index in [1.165, 1.54) is 0 Å². The first-order valence-corrected chi connectivity index (χ1v) is 3.87. The summed E-state index contributed by atoms with van der Waals surface area (Å²) in [6, 6.07) is 0. The average molecular weight is 148 g/mol. The number of esters is 1. The molecular formula is C6H13O2P. The van der Waals surface area contributed by atoms with Crippen molar-refractivity contribution in [2.24, 2.45) is 5.92 Å². The van der Waals surface area contributed by atoms with Crippen LogP contribution in [-0.2, 0) is 9.53 Å². The summed E-state index contributed by atoms with van der Waals surface area (Å²) in [5.41, 5.74) is 0. The van der Waals surface area contributed by atoms with Crippen LogP contribution in [0.1, 0.15) is 13.8 Å². The average Bonchev–Trinajstić information content (AvgIpc) is 1.82. The molecule has 0 radical (unpaired) electrons. The van der Waals surface area contributed by atoms with Gasteiger partial charge in [0.1, 0.15) is 0 Å². The molecule has 0 aliphatic heterocycles. The normalized spacial score (nSPS) is 9.78. The Bertz CT molecular complexity index is 91.1. The third kappa shape index (κ3) is 4.41. The summed E-state index contributed by atoms with van der Waals surface area (Å²) in [5, 5.41) is 0. The smallest absolute Gasteiger partial charge is 0.308 e. The second kappa shape index (κ2) is 4.75. The van der Waals surface area contributed by atoms with E-state index in [0.717, 1.165) is 6.16 Å². The van der Waals surface area contributed by atoms with E-state index in [1.54, 1.807) is 0 Å².